The summed E-state index contributed by atoms with van der Waals surface area (Å²) in [5.74, 6) is 0.603. The molecule has 0 aromatic heterocycles. The fourth-order valence-corrected chi connectivity index (χ4v) is 3.42. The van der Waals surface area contributed by atoms with Crippen molar-refractivity contribution in [3.05, 3.63) is 23.2 Å². The van der Waals surface area contributed by atoms with Crippen molar-refractivity contribution in [3.8, 4) is 0 Å². The zero-order valence-corrected chi connectivity index (χ0v) is 13.0. The quantitative estimate of drug-likeness (QED) is 0.805. The first-order chi connectivity index (χ1) is 9.43. The molecule has 1 saturated carbocycles. The predicted octanol–water partition coefficient (Wildman–Crippen LogP) is 4.47. The van der Waals surface area contributed by atoms with E-state index in [0.29, 0.717) is 22.3 Å². The lowest BCUT2D eigenvalue weighted by molar-refractivity contribution is -0.126. The molecule has 1 aromatic carbocycles. The van der Waals surface area contributed by atoms with Crippen molar-refractivity contribution in [1.82, 2.24) is 0 Å². The molecule has 110 valence electrons. The topological polar surface area (TPSA) is 55.1 Å². The monoisotopic (exact) mass is 294 g/mol. The van der Waals surface area contributed by atoms with Crippen LogP contribution in [-0.2, 0) is 4.79 Å². The lowest BCUT2D eigenvalue weighted by Crippen LogP contribution is -2.35. The largest absolute Gasteiger partial charge is 0.399 e. The summed E-state index contributed by atoms with van der Waals surface area (Å²) in [6, 6.07) is 5.17. The summed E-state index contributed by atoms with van der Waals surface area (Å²) in [6.45, 7) is 4.33. The number of hydrogen-bond donors (Lipinski definition) is 2. The molecule has 1 amide bonds. The van der Waals surface area contributed by atoms with Crippen LogP contribution in [0.4, 0.5) is 11.4 Å². The molecular weight excluding hydrogens is 272 g/mol. The Bertz CT molecular complexity index is 493. The molecular formula is C16H23ClN2O. The lowest BCUT2D eigenvalue weighted by atomic mass is 9.77. The van der Waals surface area contributed by atoms with E-state index in [0.717, 1.165) is 32.1 Å². The highest BCUT2D eigenvalue weighted by molar-refractivity contribution is 6.33. The van der Waals surface area contributed by atoms with Crippen molar-refractivity contribution in [2.75, 3.05) is 11.1 Å². The first kappa shape index (κ1) is 15.2. The molecule has 0 heterocycles. The highest BCUT2D eigenvalue weighted by Crippen LogP contribution is 2.44. The van der Waals surface area contributed by atoms with Crippen molar-refractivity contribution in [3.63, 3.8) is 0 Å². The van der Waals surface area contributed by atoms with E-state index in [2.05, 4.69) is 19.2 Å². The summed E-state index contributed by atoms with van der Waals surface area (Å²) >= 11 is 6.13. The van der Waals surface area contributed by atoms with E-state index in [1.165, 1.54) is 0 Å². The second-order valence-electron chi connectivity index (χ2n) is 6.28. The number of halogens is 1. The average molecular weight is 295 g/mol. The molecule has 3 N–H and O–H groups in total. The molecule has 0 unspecified atom stereocenters. The van der Waals surface area contributed by atoms with Gasteiger partial charge in [-0.2, -0.15) is 0 Å². The van der Waals surface area contributed by atoms with Crippen LogP contribution >= 0.6 is 11.6 Å². The first-order valence-electron chi connectivity index (χ1n) is 7.29. The molecule has 2 rings (SSSR count). The van der Waals surface area contributed by atoms with Crippen LogP contribution in [0.3, 0.4) is 0 Å². The van der Waals surface area contributed by atoms with Crippen LogP contribution in [0.25, 0.3) is 0 Å². The van der Waals surface area contributed by atoms with E-state index in [1.807, 2.05) is 0 Å². The van der Waals surface area contributed by atoms with Gasteiger partial charge in [-0.25, -0.2) is 0 Å². The summed E-state index contributed by atoms with van der Waals surface area (Å²) in [7, 11) is 0. The molecule has 0 aliphatic heterocycles. The molecule has 4 heteroatoms. The Morgan fingerprint density at radius 2 is 2.05 bits per heavy atom. The molecule has 1 aromatic rings. The second kappa shape index (κ2) is 6.04. The van der Waals surface area contributed by atoms with Gasteiger partial charge < -0.3 is 11.1 Å². The van der Waals surface area contributed by atoms with Crippen LogP contribution in [0.5, 0.6) is 0 Å². The van der Waals surface area contributed by atoms with Gasteiger partial charge in [-0.1, -0.05) is 38.3 Å². The lowest BCUT2D eigenvalue weighted by Gasteiger charge is -2.29. The Balaban J connectivity index is 2.18. The number of anilines is 2. The SMILES string of the molecule is CC(C)CC1(C(=O)Nc2cc(N)ccc2Cl)CCCC1. The van der Waals surface area contributed by atoms with Crippen LogP contribution < -0.4 is 11.1 Å². The fraction of sp³-hybridized carbons (Fsp3) is 0.562. The fourth-order valence-electron chi connectivity index (χ4n) is 3.25. The van der Waals surface area contributed by atoms with Gasteiger partial charge in [0.2, 0.25) is 5.91 Å². The number of nitrogens with one attached hydrogen (secondary N) is 1. The molecule has 0 spiro atoms. The van der Waals surface area contributed by atoms with Crippen molar-refractivity contribution in [2.24, 2.45) is 11.3 Å². The minimum absolute atomic E-state index is 0.0937. The van der Waals surface area contributed by atoms with Gasteiger partial charge in [0.15, 0.2) is 0 Å². The number of benzene rings is 1. The van der Waals surface area contributed by atoms with Crippen molar-refractivity contribution in [2.45, 2.75) is 46.0 Å². The van der Waals surface area contributed by atoms with Gasteiger partial charge in [-0.05, 0) is 43.4 Å². The van der Waals surface area contributed by atoms with E-state index in [4.69, 9.17) is 17.3 Å². The van der Waals surface area contributed by atoms with Gasteiger partial charge in [0.25, 0.3) is 0 Å². The molecule has 20 heavy (non-hydrogen) atoms. The molecule has 3 nitrogen and oxygen atoms in total. The normalized spacial score (nSPS) is 17.4. The first-order valence-corrected chi connectivity index (χ1v) is 7.67. The molecule has 0 radical (unpaired) electrons. The minimum atomic E-state index is -0.234. The van der Waals surface area contributed by atoms with Gasteiger partial charge >= 0.3 is 0 Å². The number of carbonyl (C=O) groups excluding carboxylic acids is 1. The third-order valence-electron chi connectivity index (χ3n) is 4.08. The zero-order valence-electron chi connectivity index (χ0n) is 12.2. The van der Waals surface area contributed by atoms with Crippen LogP contribution in [-0.4, -0.2) is 5.91 Å². The Labute approximate surface area is 125 Å². The van der Waals surface area contributed by atoms with Crippen LogP contribution in [0, 0.1) is 11.3 Å². The molecule has 0 saturated heterocycles. The summed E-state index contributed by atoms with van der Waals surface area (Å²) < 4.78 is 0. The highest BCUT2D eigenvalue weighted by Gasteiger charge is 2.41. The highest BCUT2D eigenvalue weighted by atomic mass is 35.5. The number of nitrogens with two attached hydrogens (primary N) is 1. The third kappa shape index (κ3) is 3.26. The second-order valence-corrected chi connectivity index (χ2v) is 6.69. The number of rotatable bonds is 4. The van der Waals surface area contributed by atoms with Crippen molar-refractivity contribution >= 4 is 28.9 Å². The van der Waals surface area contributed by atoms with Gasteiger partial charge in [0.1, 0.15) is 0 Å². The Morgan fingerprint density at radius 3 is 2.65 bits per heavy atom. The molecule has 0 bridgehead atoms. The maximum Gasteiger partial charge on any atom is 0.230 e. The van der Waals surface area contributed by atoms with E-state index >= 15 is 0 Å². The predicted molar refractivity (Wildman–Crippen MR) is 84.9 cm³/mol. The molecule has 1 aliphatic rings. The van der Waals surface area contributed by atoms with Crippen molar-refractivity contribution < 1.29 is 4.79 Å². The maximum absolute atomic E-state index is 12.7. The van der Waals surface area contributed by atoms with Crippen LogP contribution in [0.2, 0.25) is 5.02 Å². The number of carbonyl (C=O) groups is 1. The third-order valence-corrected chi connectivity index (χ3v) is 4.41. The Morgan fingerprint density at radius 1 is 1.40 bits per heavy atom. The number of hydrogen-bond acceptors (Lipinski definition) is 2. The molecule has 1 fully saturated rings. The molecule has 1 aliphatic carbocycles. The number of nitrogen functional groups attached to an aromatic ring is 1. The summed E-state index contributed by atoms with van der Waals surface area (Å²) in [6.07, 6.45) is 5.13. The van der Waals surface area contributed by atoms with Crippen LogP contribution in [0.1, 0.15) is 46.0 Å². The zero-order chi connectivity index (χ0) is 14.8. The van der Waals surface area contributed by atoms with Gasteiger partial charge in [0.05, 0.1) is 10.7 Å². The summed E-state index contributed by atoms with van der Waals surface area (Å²) in [4.78, 5) is 12.7. The van der Waals surface area contributed by atoms with Crippen molar-refractivity contribution in [1.29, 1.82) is 0 Å². The average Bonchev–Trinajstić information content (AvgIpc) is 2.82. The van der Waals surface area contributed by atoms with E-state index in [1.54, 1.807) is 18.2 Å². The summed E-state index contributed by atoms with van der Waals surface area (Å²) in [5, 5.41) is 3.52. The van der Waals surface area contributed by atoms with Gasteiger partial charge in [-0.3, -0.25) is 4.79 Å². The van der Waals surface area contributed by atoms with Crippen LogP contribution in [0.15, 0.2) is 18.2 Å². The van der Waals surface area contributed by atoms with E-state index < -0.39 is 0 Å². The number of amides is 1. The summed E-state index contributed by atoms with van der Waals surface area (Å²) in [5.41, 5.74) is 6.75. The van der Waals surface area contributed by atoms with E-state index in [9.17, 15) is 4.79 Å². The van der Waals surface area contributed by atoms with Gasteiger partial charge in [-0.15, -0.1) is 0 Å². The van der Waals surface area contributed by atoms with Gasteiger partial charge in [0, 0.05) is 11.1 Å². The molecule has 0 atom stereocenters. The maximum atomic E-state index is 12.7. The minimum Gasteiger partial charge on any atom is -0.399 e. The Kier molecular flexibility index (Phi) is 4.59. The standard InChI is InChI=1S/C16H23ClN2O/c1-11(2)10-16(7-3-4-8-16)15(20)19-14-9-12(18)5-6-13(14)17/h5-6,9,11H,3-4,7-8,10,18H2,1-2H3,(H,19,20). The van der Waals surface area contributed by atoms with E-state index in [-0.39, 0.29) is 11.3 Å². The smallest absolute Gasteiger partial charge is 0.230 e. The Hall–Kier alpha value is -1.22.